The van der Waals surface area contributed by atoms with Crippen molar-refractivity contribution in [3.8, 4) is 0 Å². The van der Waals surface area contributed by atoms with Crippen molar-refractivity contribution < 1.29 is 13.2 Å². The van der Waals surface area contributed by atoms with Crippen molar-refractivity contribution >= 4 is 15.9 Å². The normalized spacial score (nSPS) is 17.7. The second-order valence-corrected chi connectivity index (χ2v) is 10.4. The van der Waals surface area contributed by atoms with Crippen molar-refractivity contribution in [3.05, 3.63) is 63.7 Å². The molecule has 5 nitrogen and oxygen atoms in total. The maximum atomic E-state index is 13.5. The number of hydrogen-bond donors (Lipinski definition) is 1. The van der Waals surface area contributed by atoms with Gasteiger partial charge in [0.25, 0.3) is 5.91 Å². The zero-order valence-corrected chi connectivity index (χ0v) is 19.4. The standard InChI is InChI=1S/C24H32N2O3S/c1-16-8-10-22(11-9-16)24(27)25-14-21-7-6-12-26(15-21)30(28,29)23-19(4)17(2)13-18(3)20(23)5/h8-11,13,21H,6-7,12,14-15H2,1-5H3,(H,25,27)/t21-/m0/s1. The largest absolute Gasteiger partial charge is 0.352 e. The van der Waals surface area contributed by atoms with Gasteiger partial charge in [-0.2, -0.15) is 4.31 Å². The second-order valence-electron chi connectivity index (χ2n) is 8.54. The molecule has 3 rings (SSSR count). The number of benzene rings is 2. The summed E-state index contributed by atoms with van der Waals surface area (Å²) in [5, 5.41) is 2.98. The number of carbonyl (C=O) groups is 1. The van der Waals surface area contributed by atoms with Crippen molar-refractivity contribution in [1.29, 1.82) is 0 Å². The minimum atomic E-state index is -3.58. The highest BCUT2D eigenvalue weighted by Crippen LogP contribution is 2.31. The van der Waals surface area contributed by atoms with Crippen molar-refractivity contribution in [2.24, 2.45) is 5.92 Å². The summed E-state index contributed by atoms with van der Waals surface area (Å²) in [4.78, 5) is 12.9. The highest BCUT2D eigenvalue weighted by atomic mass is 32.2. The van der Waals surface area contributed by atoms with Crippen LogP contribution >= 0.6 is 0 Å². The van der Waals surface area contributed by atoms with E-state index < -0.39 is 10.0 Å². The number of nitrogens with one attached hydrogen (secondary N) is 1. The minimum absolute atomic E-state index is 0.106. The molecule has 0 radical (unpaired) electrons. The Morgan fingerprint density at radius 3 is 2.23 bits per heavy atom. The molecule has 1 fully saturated rings. The SMILES string of the molecule is Cc1ccc(C(=O)NC[C@@H]2CCCN(S(=O)(=O)c3c(C)c(C)cc(C)c3C)C2)cc1. The van der Waals surface area contributed by atoms with Gasteiger partial charge in [-0.05, 0) is 87.8 Å². The summed E-state index contributed by atoms with van der Waals surface area (Å²) in [7, 11) is -3.58. The fourth-order valence-electron chi connectivity index (χ4n) is 4.15. The minimum Gasteiger partial charge on any atom is -0.352 e. The lowest BCUT2D eigenvalue weighted by molar-refractivity contribution is 0.0941. The van der Waals surface area contributed by atoms with Crippen LogP contribution in [0.2, 0.25) is 0 Å². The van der Waals surface area contributed by atoms with E-state index in [0.717, 1.165) is 40.7 Å². The van der Waals surface area contributed by atoms with Crippen LogP contribution in [0.25, 0.3) is 0 Å². The topological polar surface area (TPSA) is 66.5 Å². The van der Waals surface area contributed by atoms with Crippen LogP contribution in [0.1, 0.15) is 51.0 Å². The number of nitrogens with zero attached hydrogens (tertiary/aromatic N) is 1. The number of hydrogen-bond acceptors (Lipinski definition) is 3. The molecule has 0 saturated carbocycles. The average Bonchev–Trinajstić information content (AvgIpc) is 2.71. The smallest absolute Gasteiger partial charge is 0.251 e. The lowest BCUT2D eigenvalue weighted by Crippen LogP contribution is -2.44. The molecule has 0 bridgehead atoms. The molecular weight excluding hydrogens is 396 g/mol. The van der Waals surface area contributed by atoms with Gasteiger partial charge in [0.2, 0.25) is 10.0 Å². The Balaban J connectivity index is 1.73. The fourth-order valence-corrected chi connectivity index (χ4v) is 6.28. The van der Waals surface area contributed by atoms with Crippen LogP contribution in [0.3, 0.4) is 0 Å². The number of rotatable bonds is 5. The quantitative estimate of drug-likeness (QED) is 0.781. The van der Waals surface area contributed by atoms with Crippen LogP contribution in [0.4, 0.5) is 0 Å². The van der Waals surface area contributed by atoms with Gasteiger partial charge in [0.1, 0.15) is 0 Å². The molecule has 6 heteroatoms. The van der Waals surface area contributed by atoms with E-state index in [9.17, 15) is 13.2 Å². The van der Waals surface area contributed by atoms with Gasteiger partial charge in [0.05, 0.1) is 4.90 Å². The number of amides is 1. The summed E-state index contributed by atoms with van der Waals surface area (Å²) in [6.07, 6.45) is 1.71. The Labute approximate surface area is 180 Å². The summed E-state index contributed by atoms with van der Waals surface area (Å²) >= 11 is 0. The molecule has 1 aliphatic rings. The van der Waals surface area contributed by atoms with Gasteiger partial charge in [0.15, 0.2) is 0 Å². The maximum absolute atomic E-state index is 13.5. The van der Waals surface area contributed by atoms with Gasteiger partial charge in [-0.25, -0.2) is 8.42 Å². The summed E-state index contributed by atoms with van der Waals surface area (Å²) in [5.74, 6) is -0.00887. The molecule has 1 aliphatic heterocycles. The second kappa shape index (κ2) is 8.90. The number of carbonyl (C=O) groups excluding carboxylic acids is 1. The lowest BCUT2D eigenvalue weighted by Gasteiger charge is -2.33. The maximum Gasteiger partial charge on any atom is 0.251 e. The predicted molar refractivity (Wildman–Crippen MR) is 120 cm³/mol. The molecule has 0 unspecified atom stereocenters. The molecule has 1 amide bonds. The van der Waals surface area contributed by atoms with E-state index in [4.69, 9.17) is 0 Å². The van der Waals surface area contributed by atoms with Crippen molar-refractivity contribution in [2.45, 2.75) is 52.4 Å². The first-order chi connectivity index (χ1) is 14.1. The lowest BCUT2D eigenvalue weighted by atomic mass is 9.99. The van der Waals surface area contributed by atoms with E-state index >= 15 is 0 Å². The van der Waals surface area contributed by atoms with Crippen LogP contribution in [0, 0.1) is 40.5 Å². The molecule has 2 aromatic carbocycles. The summed E-state index contributed by atoms with van der Waals surface area (Å²) in [6.45, 7) is 11.1. The number of piperidine rings is 1. The van der Waals surface area contributed by atoms with E-state index in [1.807, 2.05) is 65.0 Å². The van der Waals surface area contributed by atoms with Crippen LogP contribution in [0.5, 0.6) is 0 Å². The molecule has 0 aliphatic carbocycles. The van der Waals surface area contributed by atoms with Crippen LogP contribution in [0.15, 0.2) is 35.2 Å². The highest BCUT2D eigenvalue weighted by Gasteiger charge is 2.33. The van der Waals surface area contributed by atoms with Crippen LogP contribution in [-0.2, 0) is 10.0 Å². The third kappa shape index (κ3) is 4.60. The number of sulfonamides is 1. The molecular formula is C24H32N2O3S. The van der Waals surface area contributed by atoms with Gasteiger partial charge in [-0.3, -0.25) is 4.79 Å². The highest BCUT2D eigenvalue weighted by molar-refractivity contribution is 7.89. The molecule has 2 aromatic rings. The summed E-state index contributed by atoms with van der Waals surface area (Å²) in [5.41, 5.74) is 5.38. The molecule has 1 saturated heterocycles. The monoisotopic (exact) mass is 428 g/mol. The van der Waals surface area contributed by atoms with Gasteiger partial charge >= 0.3 is 0 Å². The van der Waals surface area contributed by atoms with Crippen molar-refractivity contribution in [1.82, 2.24) is 9.62 Å². The summed E-state index contributed by atoms with van der Waals surface area (Å²) in [6, 6.07) is 9.50. The Kier molecular flexibility index (Phi) is 6.68. The first kappa shape index (κ1) is 22.5. The Bertz CT molecular complexity index is 1020. The van der Waals surface area contributed by atoms with E-state index in [1.165, 1.54) is 0 Å². The van der Waals surface area contributed by atoms with Gasteiger partial charge in [-0.1, -0.05) is 23.8 Å². The van der Waals surface area contributed by atoms with E-state index in [0.29, 0.717) is 30.1 Å². The Morgan fingerprint density at radius 1 is 1.03 bits per heavy atom. The number of aryl methyl sites for hydroxylation is 3. The van der Waals surface area contributed by atoms with Crippen molar-refractivity contribution in [2.75, 3.05) is 19.6 Å². The third-order valence-corrected chi connectivity index (χ3v) is 8.38. The molecule has 1 heterocycles. The predicted octanol–water partition coefficient (Wildman–Crippen LogP) is 4.06. The van der Waals surface area contributed by atoms with Crippen molar-refractivity contribution in [3.63, 3.8) is 0 Å². The zero-order chi connectivity index (χ0) is 22.1. The first-order valence-electron chi connectivity index (χ1n) is 10.5. The first-order valence-corrected chi connectivity index (χ1v) is 12.0. The Hall–Kier alpha value is -2.18. The molecule has 162 valence electrons. The molecule has 30 heavy (non-hydrogen) atoms. The molecule has 0 aromatic heterocycles. The van der Waals surface area contributed by atoms with Crippen LogP contribution in [-0.4, -0.2) is 38.3 Å². The van der Waals surface area contributed by atoms with Crippen LogP contribution < -0.4 is 5.32 Å². The average molecular weight is 429 g/mol. The van der Waals surface area contributed by atoms with E-state index in [2.05, 4.69) is 5.32 Å². The van der Waals surface area contributed by atoms with E-state index in [1.54, 1.807) is 4.31 Å². The van der Waals surface area contributed by atoms with Gasteiger partial charge < -0.3 is 5.32 Å². The molecule has 0 spiro atoms. The zero-order valence-electron chi connectivity index (χ0n) is 18.6. The Morgan fingerprint density at radius 2 is 1.63 bits per heavy atom. The van der Waals surface area contributed by atoms with E-state index in [-0.39, 0.29) is 11.8 Å². The molecule has 1 N–H and O–H groups in total. The summed E-state index contributed by atoms with van der Waals surface area (Å²) < 4.78 is 28.6. The fraction of sp³-hybridized carbons (Fsp3) is 0.458. The van der Waals surface area contributed by atoms with Gasteiger partial charge in [0, 0.05) is 25.2 Å². The molecule has 1 atom stereocenters. The van der Waals surface area contributed by atoms with Gasteiger partial charge in [-0.15, -0.1) is 0 Å². The third-order valence-electron chi connectivity index (χ3n) is 6.24.